The minimum Gasteiger partial charge on any atom is -0.481 e. The number of hydrogen-bond acceptors (Lipinski definition) is 3. The van der Waals surface area contributed by atoms with Crippen LogP contribution in [0.5, 0.6) is 0 Å². The van der Waals surface area contributed by atoms with Crippen LogP contribution in [-0.2, 0) is 11.2 Å². The van der Waals surface area contributed by atoms with Crippen LogP contribution in [0, 0.1) is 11.3 Å². The quantitative estimate of drug-likeness (QED) is 0.788. The lowest BCUT2D eigenvalue weighted by Crippen LogP contribution is -2.42. The van der Waals surface area contributed by atoms with Crippen LogP contribution < -0.4 is 5.73 Å². The van der Waals surface area contributed by atoms with Crippen LogP contribution in [0.3, 0.4) is 0 Å². The molecule has 0 aliphatic carbocycles. The summed E-state index contributed by atoms with van der Waals surface area (Å²) >= 11 is 0. The molecule has 94 valence electrons. The third-order valence-corrected chi connectivity index (χ3v) is 2.89. The predicted octanol–water partition coefficient (Wildman–Crippen LogP) is 1.70. The average molecular weight is 236 g/mol. The summed E-state index contributed by atoms with van der Waals surface area (Å²) in [6, 6.07) is 5.52. The molecule has 4 nitrogen and oxygen atoms in total. The zero-order chi connectivity index (χ0) is 12.9. The molecule has 1 unspecified atom stereocenters. The summed E-state index contributed by atoms with van der Waals surface area (Å²) < 4.78 is 0. The van der Waals surface area contributed by atoms with E-state index >= 15 is 0 Å². The number of rotatable bonds is 6. The summed E-state index contributed by atoms with van der Waals surface area (Å²) in [5, 5.41) is 9.43. The van der Waals surface area contributed by atoms with Crippen molar-refractivity contribution < 1.29 is 9.90 Å². The van der Waals surface area contributed by atoms with Gasteiger partial charge in [-0.1, -0.05) is 19.9 Å². The first-order chi connectivity index (χ1) is 8.00. The molecule has 3 N–H and O–H groups in total. The molecule has 1 atom stereocenters. The Morgan fingerprint density at radius 2 is 2.24 bits per heavy atom. The molecule has 0 fully saturated rings. The minimum absolute atomic E-state index is 0.136. The standard InChI is InChI=1S/C13H20N2O2/c1-10(2)7-13(9-14,12(16)17)8-11-5-3-4-6-15-11/h3-6,10H,7-9,14H2,1-2H3,(H,16,17). The average Bonchev–Trinajstić information content (AvgIpc) is 2.28. The summed E-state index contributed by atoms with van der Waals surface area (Å²) in [4.78, 5) is 15.7. The Balaban J connectivity index is 2.94. The van der Waals surface area contributed by atoms with Crippen molar-refractivity contribution in [3.05, 3.63) is 30.1 Å². The monoisotopic (exact) mass is 236 g/mol. The molecular weight excluding hydrogens is 216 g/mol. The Kier molecular flexibility index (Phi) is 4.63. The maximum absolute atomic E-state index is 11.5. The van der Waals surface area contributed by atoms with Gasteiger partial charge < -0.3 is 10.8 Å². The first kappa shape index (κ1) is 13.6. The topological polar surface area (TPSA) is 76.2 Å². The fraction of sp³-hybridized carbons (Fsp3) is 0.538. The van der Waals surface area contributed by atoms with E-state index in [0.717, 1.165) is 5.69 Å². The number of pyridine rings is 1. The zero-order valence-corrected chi connectivity index (χ0v) is 10.4. The molecule has 0 aromatic carbocycles. The summed E-state index contributed by atoms with van der Waals surface area (Å²) in [5.74, 6) is -0.544. The molecule has 0 aliphatic heterocycles. The van der Waals surface area contributed by atoms with Gasteiger partial charge in [-0.2, -0.15) is 0 Å². The van der Waals surface area contributed by atoms with E-state index in [1.54, 1.807) is 6.20 Å². The van der Waals surface area contributed by atoms with Crippen molar-refractivity contribution >= 4 is 5.97 Å². The maximum atomic E-state index is 11.5. The van der Waals surface area contributed by atoms with Crippen molar-refractivity contribution in [2.24, 2.45) is 17.1 Å². The van der Waals surface area contributed by atoms with Gasteiger partial charge in [0.2, 0.25) is 0 Å². The number of carboxylic acids is 1. The van der Waals surface area contributed by atoms with E-state index in [1.165, 1.54) is 0 Å². The van der Waals surface area contributed by atoms with Gasteiger partial charge in [-0.3, -0.25) is 9.78 Å². The summed E-state index contributed by atoms with van der Waals surface area (Å²) in [6.45, 7) is 4.15. The molecule has 0 spiro atoms. The summed E-state index contributed by atoms with van der Waals surface area (Å²) in [7, 11) is 0. The number of nitrogens with two attached hydrogens (primary N) is 1. The van der Waals surface area contributed by atoms with Crippen molar-refractivity contribution in [3.63, 3.8) is 0 Å². The van der Waals surface area contributed by atoms with Gasteiger partial charge in [0.15, 0.2) is 0 Å². The first-order valence-electron chi connectivity index (χ1n) is 5.83. The molecule has 1 aromatic rings. The Morgan fingerprint density at radius 1 is 1.53 bits per heavy atom. The van der Waals surface area contributed by atoms with Gasteiger partial charge in [-0.25, -0.2) is 0 Å². The lowest BCUT2D eigenvalue weighted by atomic mass is 9.76. The van der Waals surface area contributed by atoms with E-state index in [2.05, 4.69) is 4.98 Å². The molecule has 1 heterocycles. The van der Waals surface area contributed by atoms with Crippen LogP contribution in [0.15, 0.2) is 24.4 Å². The number of carbonyl (C=O) groups is 1. The lowest BCUT2D eigenvalue weighted by molar-refractivity contribution is -0.149. The fourth-order valence-corrected chi connectivity index (χ4v) is 2.11. The molecule has 4 heteroatoms. The van der Waals surface area contributed by atoms with Crippen LogP contribution in [0.4, 0.5) is 0 Å². The predicted molar refractivity (Wildman–Crippen MR) is 66.5 cm³/mol. The fourth-order valence-electron chi connectivity index (χ4n) is 2.11. The normalized spacial score (nSPS) is 14.6. The van der Waals surface area contributed by atoms with E-state index in [9.17, 15) is 9.90 Å². The van der Waals surface area contributed by atoms with Gasteiger partial charge in [0, 0.05) is 24.9 Å². The molecule has 0 amide bonds. The summed E-state index contributed by atoms with van der Waals surface area (Å²) in [5.41, 5.74) is 5.57. The molecular formula is C13H20N2O2. The Labute approximate surface area is 102 Å². The van der Waals surface area contributed by atoms with Gasteiger partial charge in [0.05, 0.1) is 5.41 Å². The minimum atomic E-state index is -0.900. The number of aliphatic carboxylic acids is 1. The van der Waals surface area contributed by atoms with Crippen molar-refractivity contribution in [1.29, 1.82) is 0 Å². The van der Waals surface area contributed by atoms with E-state index in [4.69, 9.17) is 5.73 Å². The van der Waals surface area contributed by atoms with Gasteiger partial charge in [0.1, 0.15) is 0 Å². The third-order valence-electron chi connectivity index (χ3n) is 2.89. The lowest BCUT2D eigenvalue weighted by Gasteiger charge is -2.29. The molecule has 17 heavy (non-hydrogen) atoms. The van der Waals surface area contributed by atoms with Crippen molar-refractivity contribution in [3.8, 4) is 0 Å². The molecule has 0 bridgehead atoms. The summed E-state index contributed by atoms with van der Waals surface area (Å²) in [6.07, 6.45) is 2.63. The highest BCUT2D eigenvalue weighted by Gasteiger charge is 2.38. The Bertz CT molecular complexity index is 365. The number of nitrogens with zero attached hydrogens (tertiary/aromatic N) is 1. The highest BCUT2D eigenvalue weighted by Crippen LogP contribution is 2.29. The molecule has 0 aliphatic rings. The number of aromatic nitrogens is 1. The van der Waals surface area contributed by atoms with Crippen molar-refractivity contribution in [2.75, 3.05) is 6.54 Å². The molecule has 0 saturated carbocycles. The largest absolute Gasteiger partial charge is 0.481 e. The highest BCUT2D eigenvalue weighted by atomic mass is 16.4. The van der Waals surface area contributed by atoms with Crippen LogP contribution in [0.25, 0.3) is 0 Å². The zero-order valence-electron chi connectivity index (χ0n) is 10.4. The van der Waals surface area contributed by atoms with Gasteiger partial charge in [-0.05, 0) is 24.5 Å². The van der Waals surface area contributed by atoms with Crippen molar-refractivity contribution in [2.45, 2.75) is 26.7 Å². The van der Waals surface area contributed by atoms with Crippen LogP contribution >= 0.6 is 0 Å². The van der Waals surface area contributed by atoms with E-state index in [0.29, 0.717) is 18.8 Å². The Morgan fingerprint density at radius 3 is 2.65 bits per heavy atom. The van der Waals surface area contributed by atoms with Gasteiger partial charge in [0.25, 0.3) is 0 Å². The highest BCUT2D eigenvalue weighted by molar-refractivity contribution is 5.75. The van der Waals surface area contributed by atoms with E-state index in [-0.39, 0.29) is 6.54 Å². The Hall–Kier alpha value is -1.42. The van der Waals surface area contributed by atoms with E-state index < -0.39 is 11.4 Å². The second kappa shape index (κ2) is 5.77. The van der Waals surface area contributed by atoms with Crippen LogP contribution in [0.2, 0.25) is 0 Å². The second-order valence-electron chi connectivity index (χ2n) is 4.89. The molecule has 0 saturated heterocycles. The maximum Gasteiger partial charge on any atom is 0.311 e. The molecule has 1 rings (SSSR count). The molecule has 0 radical (unpaired) electrons. The van der Waals surface area contributed by atoms with E-state index in [1.807, 2.05) is 32.0 Å². The number of carboxylic acid groups (broad SMARTS) is 1. The number of hydrogen-bond donors (Lipinski definition) is 2. The smallest absolute Gasteiger partial charge is 0.311 e. The van der Waals surface area contributed by atoms with Gasteiger partial charge >= 0.3 is 5.97 Å². The third kappa shape index (κ3) is 3.53. The van der Waals surface area contributed by atoms with Crippen LogP contribution in [0.1, 0.15) is 26.0 Å². The first-order valence-corrected chi connectivity index (χ1v) is 5.83. The van der Waals surface area contributed by atoms with Crippen molar-refractivity contribution in [1.82, 2.24) is 4.98 Å². The van der Waals surface area contributed by atoms with Gasteiger partial charge in [-0.15, -0.1) is 0 Å². The van der Waals surface area contributed by atoms with Crippen LogP contribution in [-0.4, -0.2) is 22.6 Å². The molecule has 1 aromatic heterocycles. The SMILES string of the molecule is CC(C)CC(CN)(Cc1ccccn1)C(=O)O. The second-order valence-corrected chi connectivity index (χ2v) is 4.89.